The van der Waals surface area contributed by atoms with E-state index in [9.17, 15) is 8.42 Å². The van der Waals surface area contributed by atoms with Crippen LogP contribution in [-0.4, -0.2) is 48.9 Å². The summed E-state index contributed by atoms with van der Waals surface area (Å²) >= 11 is 0. The Morgan fingerprint density at radius 2 is 0.633 bits per heavy atom. The monoisotopic (exact) mass is 450 g/mol. The predicted molar refractivity (Wildman–Crippen MR) is 142 cm³/mol. The molecule has 0 radical (unpaired) electrons. The molecule has 2 rings (SSSR count). The summed E-state index contributed by atoms with van der Waals surface area (Å²) in [4.78, 5) is 0. The molecule has 4 nitrogen and oxygen atoms in total. The van der Waals surface area contributed by atoms with Crippen molar-refractivity contribution >= 4 is 9.84 Å². The lowest BCUT2D eigenvalue weighted by molar-refractivity contribution is 0.215. The molecule has 184 valence electrons. The molecule has 0 amide bonds. The van der Waals surface area contributed by atoms with Gasteiger partial charge in [0.2, 0.25) is 0 Å². The summed E-state index contributed by atoms with van der Waals surface area (Å²) in [6.45, 7) is 6.78. The number of sulfone groups is 1. The van der Waals surface area contributed by atoms with Gasteiger partial charge in [0, 0.05) is 40.4 Å². The molecule has 0 bridgehead atoms. The van der Waals surface area contributed by atoms with Gasteiger partial charge in [0.05, 0.1) is 0 Å². The molecule has 0 aliphatic carbocycles. The maximum Gasteiger partial charge on any atom is 0.144 e. The number of benzene rings is 2. The van der Waals surface area contributed by atoms with E-state index < -0.39 is 9.84 Å². The molecule has 0 saturated heterocycles. The van der Waals surface area contributed by atoms with Gasteiger partial charge in [-0.05, 0) is 6.92 Å². The first-order valence-electron chi connectivity index (χ1n) is 8.37. The molecule has 2 aromatic carbocycles. The SMILES string of the molecule is C.C.C.C.CC.CCOC.COC.CS(C)(=O)=O.c1ccccc1.c1ccccc1. The highest BCUT2D eigenvalue weighted by atomic mass is 32.2. The molecule has 0 aliphatic rings. The average Bonchev–Trinajstić information content (AvgIpc) is 2.66. The van der Waals surface area contributed by atoms with Gasteiger partial charge in [-0.15, -0.1) is 0 Å². The fourth-order valence-electron chi connectivity index (χ4n) is 0.770. The molecule has 0 unspecified atom stereocenters. The fraction of sp³-hybridized carbons (Fsp3) is 0.520. The molecule has 2 aromatic rings. The first-order valence-corrected chi connectivity index (χ1v) is 10.7. The highest BCUT2D eigenvalue weighted by molar-refractivity contribution is 7.89. The minimum atomic E-state index is -2.67. The molecule has 0 aliphatic heterocycles. The second-order valence-corrected chi connectivity index (χ2v) is 6.72. The summed E-state index contributed by atoms with van der Waals surface area (Å²) in [6.07, 6.45) is 2.32. The summed E-state index contributed by atoms with van der Waals surface area (Å²) in [5.74, 6) is 0. The molecule has 30 heavy (non-hydrogen) atoms. The van der Waals surface area contributed by atoms with E-state index in [2.05, 4.69) is 9.47 Å². The molecule has 0 aromatic heterocycles. The van der Waals surface area contributed by atoms with E-state index in [0.717, 1.165) is 19.1 Å². The zero-order valence-electron chi connectivity index (χ0n) is 17.7. The van der Waals surface area contributed by atoms with Gasteiger partial charge in [-0.2, -0.15) is 0 Å². The topological polar surface area (TPSA) is 52.6 Å². The number of ether oxygens (including phenoxy) is 2. The third-order valence-corrected chi connectivity index (χ3v) is 1.62. The van der Waals surface area contributed by atoms with Crippen LogP contribution in [0.5, 0.6) is 0 Å². The lowest BCUT2D eigenvalue weighted by Crippen LogP contribution is -1.86. The van der Waals surface area contributed by atoms with Gasteiger partial charge in [0.15, 0.2) is 0 Å². The second kappa shape index (κ2) is 50.7. The second-order valence-electron chi connectivity index (χ2n) is 4.44. The fourth-order valence-corrected chi connectivity index (χ4v) is 0.770. The predicted octanol–water partition coefficient (Wildman–Crippen LogP) is 7.52. The van der Waals surface area contributed by atoms with Crippen molar-refractivity contribution < 1.29 is 17.9 Å². The summed E-state index contributed by atoms with van der Waals surface area (Å²) in [5.41, 5.74) is 0. The van der Waals surface area contributed by atoms with Crippen LogP contribution < -0.4 is 0 Å². The summed E-state index contributed by atoms with van der Waals surface area (Å²) < 4.78 is 28.1. The smallest absolute Gasteiger partial charge is 0.144 e. The van der Waals surface area contributed by atoms with E-state index in [1.165, 1.54) is 0 Å². The van der Waals surface area contributed by atoms with Crippen LogP contribution in [0.25, 0.3) is 0 Å². The van der Waals surface area contributed by atoms with Crippen LogP contribution in [0.15, 0.2) is 72.8 Å². The standard InChI is InChI=1S/2C6H6.C3H8O.C2H6O2S.C2H6O.C2H6.4CH4/c2*1-2-4-6-5-3-1;1-3-4-2;1-5(2,3)4;1-3-2;1-2;;;;/h2*1-6H;3H2,1-2H3;1-2H3;1-2H3;1-2H3;4*1H4. The van der Waals surface area contributed by atoms with Crippen molar-refractivity contribution in [3.8, 4) is 0 Å². The molecule has 0 N–H and O–H groups in total. The number of hydrogen-bond donors (Lipinski definition) is 0. The molecule has 0 saturated carbocycles. The Morgan fingerprint density at radius 1 is 0.567 bits per heavy atom. The van der Waals surface area contributed by atoms with Gasteiger partial charge in [-0.25, -0.2) is 8.42 Å². The molecule has 5 heteroatoms. The Labute approximate surface area is 191 Å². The van der Waals surface area contributed by atoms with Crippen LogP contribution in [0.1, 0.15) is 50.5 Å². The van der Waals surface area contributed by atoms with E-state index in [1.807, 2.05) is 93.6 Å². The van der Waals surface area contributed by atoms with Crippen LogP contribution in [0, 0.1) is 0 Å². The number of hydrogen-bond acceptors (Lipinski definition) is 4. The summed E-state index contributed by atoms with van der Waals surface area (Å²) in [7, 11) is 2.26. The molecule has 0 atom stereocenters. The van der Waals surface area contributed by atoms with Gasteiger partial charge in [0.1, 0.15) is 9.84 Å². The maximum atomic E-state index is 9.63. The minimum absolute atomic E-state index is 0. The van der Waals surface area contributed by atoms with Crippen molar-refractivity contribution in [2.24, 2.45) is 0 Å². The zero-order chi connectivity index (χ0) is 21.1. The van der Waals surface area contributed by atoms with Gasteiger partial charge in [0.25, 0.3) is 0 Å². The lowest BCUT2D eigenvalue weighted by atomic mass is 10.4. The first kappa shape index (κ1) is 51.2. The molecular weight excluding hydrogens is 396 g/mol. The molecule has 0 spiro atoms. The van der Waals surface area contributed by atoms with Crippen LogP contribution in [0.4, 0.5) is 0 Å². The summed E-state index contributed by atoms with van der Waals surface area (Å²) in [6, 6.07) is 24.0. The van der Waals surface area contributed by atoms with Gasteiger partial charge < -0.3 is 9.47 Å². The average molecular weight is 451 g/mol. The largest absolute Gasteiger partial charge is 0.388 e. The van der Waals surface area contributed by atoms with E-state index in [-0.39, 0.29) is 29.7 Å². The van der Waals surface area contributed by atoms with E-state index in [1.54, 1.807) is 21.3 Å². The van der Waals surface area contributed by atoms with E-state index in [0.29, 0.717) is 0 Å². The Morgan fingerprint density at radius 3 is 0.667 bits per heavy atom. The highest BCUT2D eigenvalue weighted by Crippen LogP contribution is 1.80. The first-order chi connectivity index (χ1) is 12.3. The van der Waals surface area contributed by atoms with Crippen LogP contribution in [0.3, 0.4) is 0 Å². The van der Waals surface area contributed by atoms with Crippen molar-refractivity contribution in [1.29, 1.82) is 0 Å². The van der Waals surface area contributed by atoms with Gasteiger partial charge >= 0.3 is 0 Å². The molecule has 0 heterocycles. The Bertz CT molecular complexity index is 406. The van der Waals surface area contributed by atoms with Crippen LogP contribution in [-0.2, 0) is 19.3 Å². The van der Waals surface area contributed by atoms with Crippen molar-refractivity contribution in [2.75, 3.05) is 40.4 Å². The van der Waals surface area contributed by atoms with E-state index >= 15 is 0 Å². The normalized spacial score (nSPS) is 6.93. The minimum Gasteiger partial charge on any atom is -0.388 e. The van der Waals surface area contributed by atoms with Crippen molar-refractivity contribution in [3.05, 3.63) is 72.8 Å². The third-order valence-electron chi connectivity index (χ3n) is 1.62. The Balaban J connectivity index is -0.0000000325. The highest BCUT2D eigenvalue weighted by Gasteiger charge is 1.79. The number of rotatable bonds is 1. The van der Waals surface area contributed by atoms with Crippen molar-refractivity contribution in [1.82, 2.24) is 0 Å². The maximum absolute atomic E-state index is 9.63. The molecular formula is C25H54O4S. The Hall–Kier alpha value is -1.69. The Kier molecular flexibility index (Phi) is 86.5. The zero-order valence-corrected chi connectivity index (χ0v) is 18.5. The van der Waals surface area contributed by atoms with Crippen LogP contribution in [0.2, 0.25) is 0 Å². The lowest BCUT2D eigenvalue weighted by Gasteiger charge is -1.76. The van der Waals surface area contributed by atoms with Crippen LogP contribution >= 0.6 is 0 Å². The van der Waals surface area contributed by atoms with Gasteiger partial charge in [-0.1, -0.05) is 116 Å². The summed E-state index contributed by atoms with van der Waals surface area (Å²) in [5, 5.41) is 0. The van der Waals surface area contributed by atoms with E-state index in [4.69, 9.17) is 0 Å². The van der Waals surface area contributed by atoms with Gasteiger partial charge in [-0.3, -0.25) is 0 Å². The molecule has 0 fully saturated rings. The third kappa shape index (κ3) is 132. The van der Waals surface area contributed by atoms with Crippen molar-refractivity contribution in [3.63, 3.8) is 0 Å². The number of methoxy groups -OCH3 is 2. The quantitative estimate of drug-likeness (QED) is 0.451. The van der Waals surface area contributed by atoms with Crippen molar-refractivity contribution in [2.45, 2.75) is 50.5 Å².